The second-order valence-electron chi connectivity index (χ2n) is 11.2. The highest BCUT2D eigenvalue weighted by molar-refractivity contribution is 6.11. The summed E-state index contributed by atoms with van der Waals surface area (Å²) in [5, 5.41) is 54.6. The van der Waals surface area contributed by atoms with Crippen molar-refractivity contribution in [2.75, 3.05) is 0 Å². The molecule has 0 fully saturated rings. The molecule has 0 radical (unpaired) electrons. The van der Waals surface area contributed by atoms with Gasteiger partial charge in [-0.2, -0.15) is 0 Å². The number of phenols is 3. The molecule has 0 aliphatic rings. The summed E-state index contributed by atoms with van der Waals surface area (Å²) >= 11 is 0. The van der Waals surface area contributed by atoms with Gasteiger partial charge in [0.25, 0.3) is 0 Å². The van der Waals surface area contributed by atoms with Crippen molar-refractivity contribution >= 4 is 35.4 Å². The monoisotopic (exact) mass is 760 g/mol. The highest BCUT2D eigenvalue weighted by atomic mass is 16.5. The van der Waals surface area contributed by atoms with Crippen LogP contribution in [0.3, 0.4) is 0 Å². The van der Waals surface area contributed by atoms with Crippen LogP contribution in [0, 0.1) is 0 Å². The molecule has 6 aromatic carbocycles. The Labute approximate surface area is 317 Å². The molecule has 14 nitrogen and oxygen atoms in total. The summed E-state index contributed by atoms with van der Waals surface area (Å²) in [6, 6.07) is 35.3. The van der Waals surface area contributed by atoms with Gasteiger partial charge < -0.3 is 40.9 Å². The first-order valence-corrected chi connectivity index (χ1v) is 15.9. The number of rotatable bonds is 9. The van der Waals surface area contributed by atoms with E-state index in [0.29, 0.717) is 11.1 Å². The van der Waals surface area contributed by atoms with Crippen molar-refractivity contribution in [2.45, 2.75) is 0 Å². The number of benzene rings is 6. The van der Waals surface area contributed by atoms with Crippen LogP contribution in [-0.4, -0.2) is 71.6 Å². The van der Waals surface area contributed by atoms with Crippen molar-refractivity contribution in [1.29, 1.82) is 0 Å². The molecule has 0 saturated heterocycles. The van der Waals surface area contributed by atoms with Crippen LogP contribution in [0.2, 0.25) is 0 Å². The summed E-state index contributed by atoms with van der Waals surface area (Å²) in [7, 11) is 0. The molecule has 0 atom stereocenters. The molecule has 0 aliphatic heterocycles. The SMILES string of the molecule is O.O=C(O)c1ccc(C(=O)O)cc1.O=C(O)c1ccc(C(=O)Oc2ccc(C(=O)c3ccccc3)c(O)c2)cc1.O=C(c1ccccc1)c1ccc(O)cc1O. The van der Waals surface area contributed by atoms with Crippen molar-refractivity contribution in [3.8, 4) is 23.0 Å². The first-order chi connectivity index (χ1) is 26.2. The summed E-state index contributed by atoms with van der Waals surface area (Å²) < 4.78 is 5.16. The number of ketones is 2. The number of aromatic hydroxyl groups is 3. The van der Waals surface area contributed by atoms with Gasteiger partial charge in [0.1, 0.15) is 23.0 Å². The molecule has 0 aromatic heterocycles. The standard InChI is InChI=1S/C21H14O6.C13H10O3.C8H6O4.H2O/c22-18-12-16(10-11-17(18)19(23)13-4-2-1-3-5-13)27-21(26)15-8-6-14(7-9-15)20(24)25;14-10-6-7-11(12(15)8-10)13(16)9-4-2-1-3-5-9;9-7(10)5-1-2-6(4-3-5)8(11)12;/h1-12,22H,(H,24,25);1-8,14-15H;1-4H,(H,9,10)(H,11,12);1H2. The fourth-order valence-electron chi connectivity index (χ4n) is 4.64. The van der Waals surface area contributed by atoms with Gasteiger partial charge in [-0.3, -0.25) is 9.59 Å². The molecule has 0 bridgehead atoms. The lowest BCUT2D eigenvalue weighted by atomic mass is 10.0. The molecule has 0 unspecified atom stereocenters. The Balaban J connectivity index is 0.000000246. The van der Waals surface area contributed by atoms with E-state index in [1.807, 2.05) is 6.07 Å². The quantitative estimate of drug-likeness (QED) is 0.0551. The van der Waals surface area contributed by atoms with E-state index >= 15 is 0 Å². The Morgan fingerprint density at radius 3 is 1.11 bits per heavy atom. The number of carbonyl (C=O) groups is 6. The number of carboxylic acid groups (broad SMARTS) is 3. The maximum Gasteiger partial charge on any atom is 0.343 e. The molecule has 14 heteroatoms. The minimum absolute atomic E-state index is 0. The largest absolute Gasteiger partial charge is 0.508 e. The van der Waals surface area contributed by atoms with E-state index in [2.05, 4.69) is 0 Å². The number of phenolic OH excluding ortho intramolecular Hbond substituents is 3. The fourth-order valence-corrected chi connectivity index (χ4v) is 4.64. The Morgan fingerprint density at radius 2 is 0.750 bits per heavy atom. The number of hydrogen-bond acceptors (Lipinski definition) is 10. The average Bonchev–Trinajstić information content (AvgIpc) is 3.18. The molecule has 284 valence electrons. The Kier molecular flexibility index (Phi) is 14.9. The van der Waals surface area contributed by atoms with Crippen LogP contribution in [0.25, 0.3) is 0 Å². The number of aromatic carboxylic acids is 3. The van der Waals surface area contributed by atoms with E-state index in [4.69, 9.17) is 25.2 Å². The zero-order chi connectivity index (χ0) is 40.1. The summed E-state index contributed by atoms with van der Waals surface area (Å²) in [5.74, 6) is -5.09. The summed E-state index contributed by atoms with van der Waals surface area (Å²) in [5.41, 5.74) is 1.58. The molecule has 0 heterocycles. The molecule has 56 heavy (non-hydrogen) atoms. The lowest BCUT2D eigenvalue weighted by Crippen LogP contribution is -2.09. The predicted octanol–water partition coefficient (Wildman–Crippen LogP) is 6.13. The zero-order valence-corrected chi connectivity index (χ0v) is 28.9. The topological polar surface area (TPSA) is 265 Å². The van der Waals surface area contributed by atoms with Crippen LogP contribution in [0.4, 0.5) is 0 Å². The van der Waals surface area contributed by atoms with Gasteiger partial charge in [-0.25, -0.2) is 19.2 Å². The lowest BCUT2D eigenvalue weighted by Gasteiger charge is -2.08. The number of carboxylic acids is 3. The third kappa shape index (κ3) is 11.4. The van der Waals surface area contributed by atoms with E-state index in [1.54, 1.807) is 54.6 Å². The Bertz CT molecular complexity index is 2300. The number of carbonyl (C=O) groups excluding carboxylic acids is 3. The van der Waals surface area contributed by atoms with Crippen molar-refractivity contribution < 1.29 is 69.6 Å². The molecule has 0 saturated carbocycles. The fraction of sp³-hybridized carbons (Fsp3) is 0. The maximum atomic E-state index is 12.4. The number of ether oxygens (including phenoxy) is 1. The van der Waals surface area contributed by atoms with Crippen molar-refractivity contribution in [2.24, 2.45) is 0 Å². The lowest BCUT2D eigenvalue weighted by molar-refractivity contribution is 0.0681. The van der Waals surface area contributed by atoms with Crippen LogP contribution in [-0.2, 0) is 0 Å². The van der Waals surface area contributed by atoms with E-state index < -0.39 is 23.9 Å². The molecule has 0 spiro atoms. The highest BCUT2D eigenvalue weighted by Gasteiger charge is 2.17. The minimum Gasteiger partial charge on any atom is -0.508 e. The van der Waals surface area contributed by atoms with Gasteiger partial charge in [-0.15, -0.1) is 0 Å². The van der Waals surface area contributed by atoms with Gasteiger partial charge in [0.2, 0.25) is 0 Å². The predicted molar refractivity (Wildman–Crippen MR) is 200 cm³/mol. The van der Waals surface area contributed by atoms with Crippen LogP contribution in [0.5, 0.6) is 23.0 Å². The van der Waals surface area contributed by atoms with Crippen LogP contribution < -0.4 is 4.74 Å². The van der Waals surface area contributed by atoms with Crippen molar-refractivity contribution in [3.63, 3.8) is 0 Å². The third-order valence-electron chi connectivity index (χ3n) is 7.47. The smallest absolute Gasteiger partial charge is 0.343 e. The minimum atomic E-state index is -1.10. The molecule has 8 N–H and O–H groups in total. The third-order valence-corrected chi connectivity index (χ3v) is 7.47. The first kappa shape index (κ1) is 42.3. The molecule has 6 aromatic rings. The zero-order valence-electron chi connectivity index (χ0n) is 28.9. The molecule has 6 rings (SSSR count). The van der Waals surface area contributed by atoms with Crippen molar-refractivity contribution in [1.82, 2.24) is 0 Å². The van der Waals surface area contributed by atoms with E-state index in [-0.39, 0.29) is 73.4 Å². The van der Waals surface area contributed by atoms with Crippen LogP contribution >= 0.6 is 0 Å². The van der Waals surface area contributed by atoms with Gasteiger partial charge >= 0.3 is 23.9 Å². The Hall–Kier alpha value is -8.10. The van der Waals surface area contributed by atoms with E-state index in [9.17, 15) is 39.0 Å². The van der Waals surface area contributed by atoms with Crippen LogP contribution in [0.1, 0.15) is 73.3 Å². The normalized spacial score (nSPS) is 9.79. The van der Waals surface area contributed by atoms with E-state index in [0.717, 1.165) is 6.07 Å². The average molecular weight is 761 g/mol. The second-order valence-corrected chi connectivity index (χ2v) is 11.2. The van der Waals surface area contributed by atoms with E-state index in [1.165, 1.54) is 78.9 Å². The Morgan fingerprint density at radius 1 is 0.393 bits per heavy atom. The summed E-state index contributed by atoms with van der Waals surface area (Å²) in [6.45, 7) is 0. The van der Waals surface area contributed by atoms with Crippen LogP contribution in [0.15, 0.2) is 146 Å². The van der Waals surface area contributed by atoms with Gasteiger partial charge in [-0.05, 0) is 72.8 Å². The second kappa shape index (κ2) is 19.7. The highest BCUT2D eigenvalue weighted by Crippen LogP contribution is 2.27. The van der Waals surface area contributed by atoms with Gasteiger partial charge in [0, 0.05) is 23.3 Å². The van der Waals surface area contributed by atoms with Crippen molar-refractivity contribution in [3.05, 3.63) is 190 Å². The van der Waals surface area contributed by atoms with Gasteiger partial charge in [0.15, 0.2) is 11.6 Å². The maximum absolute atomic E-state index is 12.4. The number of esters is 1. The van der Waals surface area contributed by atoms with Gasteiger partial charge in [-0.1, -0.05) is 60.7 Å². The molecule has 0 amide bonds. The summed E-state index contributed by atoms with van der Waals surface area (Å²) in [4.78, 5) is 68.0. The van der Waals surface area contributed by atoms with Gasteiger partial charge in [0.05, 0.1) is 33.4 Å². The first-order valence-electron chi connectivity index (χ1n) is 15.9. The molecular weight excluding hydrogens is 728 g/mol. The molecule has 0 aliphatic carbocycles. The molecular formula is C42H32O14. The number of hydrogen-bond donors (Lipinski definition) is 6. The summed E-state index contributed by atoms with van der Waals surface area (Å²) in [6.07, 6.45) is 0.